The Bertz CT molecular complexity index is 769. The van der Waals surface area contributed by atoms with E-state index in [2.05, 4.69) is 11.1 Å². The Labute approximate surface area is 147 Å². The van der Waals surface area contributed by atoms with Gasteiger partial charge in [-0.05, 0) is 36.1 Å². The molecule has 0 amide bonds. The van der Waals surface area contributed by atoms with Gasteiger partial charge in [-0.15, -0.1) is 23.5 Å². The van der Waals surface area contributed by atoms with Gasteiger partial charge in [0, 0.05) is 16.8 Å². The van der Waals surface area contributed by atoms with Crippen molar-refractivity contribution in [1.29, 1.82) is 5.26 Å². The van der Waals surface area contributed by atoms with Crippen molar-refractivity contribution in [2.24, 2.45) is 0 Å². The van der Waals surface area contributed by atoms with E-state index in [4.69, 9.17) is 23.2 Å². The lowest BCUT2D eigenvalue weighted by atomic mass is 10.2. The predicted octanol–water partition coefficient (Wildman–Crippen LogP) is 5.38. The molecule has 2 aromatic rings. The zero-order valence-electron chi connectivity index (χ0n) is 11.4. The number of aromatic nitrogens is 2. The predicted molar refractivity (Wildman–Crippen MR) is 96.0 cm³/mol. The van der Waals surface area contributed by atoms with Crippen LogP contribution in [0.1, 0.15) is 6.42 Å². The lowest BCUT2D eigenvalue weighted by molar-refractivity contribution is 1.10. The fourth-order valence-electron chi connectivity index (χ4n) is 2.06. The van der Waals surface area contributed by atoms with Gasteiger partial charge >= 0.3 is 0 Å². The first kappa shape index (κ1) is 15.8. The van der Waals surface area contributed by atoms with E-state index in [0.717, 1.165) is 27.0 Å². The topological polar surface area (TPSA) is 41.6 Å². The number of halogens is 2. The normalized spacial score (nSPS) is 14.7. The summed E-state index contributed by atoms with van der Waals surface area (Å²) in [5, 5.41) is 10.6. The molecule has 1 saturated heterocycles. The monoisotopic (exact) mass is 367 g/mol. The summed E-state index contributed by atoms with van der Waals surface area (Å²) < 4.78 is 2.82. The molecule has 0 saturated carbocycles. The molecule has 0 N–H and O–H groups in total. The number of benzene rings is 1. The smallest absolute Gasteiger partial charge is 0.145 e. The highest BCUT2D eigenvalue weighted by molar-refractivity contribution is 8.23. The van der Waals surface area contributed by atoms with Crippen LogP contribution in [0, 0.1) is 11.3 Å². The van der Waals surface area contributed by atoms with E-state index >= 15 is 0 Å². The number of nitriles is 1. The van der Waals surface area contributed by atoms with Crippen molar-refractivity contribution in [2.75, 3.05) is 11.5 Å². The third kappa shape index (κ3) is 3.31. The number of thioether (sulfide) groups is 2. The van der Waals surface area contributed by atoms with Crippen molar-refractivity contribution in [2.45, 2.75) is 6.42 Å². The molecule has 0 bridgehead atoms. The molecule has 1 aliphatic rings. The molecule has 1 aromatic carbocycles. The van der Waals surface area contributed by atoms with Crippen LogP contribution in [0.3, 0.4) is 0 Å². The summed E-state index contributed by atoms with van der Waals surface area (Å²) in [5.41, 5.74) is 2.15. The number of allylic oxidation sites excluding steroid dienone is 1. The molecule has 0 unspecified atom stereocenters. The molecule has 3 rings (SSSR count). The highest BCUT2D eigenvalue weighted by Gasteiger charge is 2.16. The van der Waals surface area contributed by atoms with Crippen molar-refractivity contribution in [3.63, 3.8) is 0 Å². The van der Waals surface area contributed by atoms with Crippen molar-refractivity contribution < 1.29 is 0 Å². The van der Waals surface area contributed by atoms with E-state index in [1.807, 2.05) is 12.3 Å². The van der Waals surface area contributed by atoms with Crippen LogP contribution in [0.2, 0.25) is 10.0 Å². The quantitative estimate of drug-likeness (QED) is 0.668. The highest BCUT2D eigenvalue weighted by atomic mass is 35.5. The molecule has 0 spiro atoms. The van der Waals surface area contributed by atoms with Gasteiger partial charge in [-0.25, -0.2) is 4.98 Å². The van der Waals surface area contributed by atoms with Crippen molar-refractivity contribution >= 4 is 52.4 Å². The summed E-state index contributed by atoms with van der Waals surface area (Å²) in [6.45, 7) is 0. The average Bonchev–Trinajstić information content (AvgIpc) is 2.98. The molecule has 1 fully saturated rings. The van der Waals surface area contributed by atoms with Crippen molar-refractivity contribution in [3.05, 3.63) is 45.0 Å². The highest BCUT2D eigenvalue weighted by Crippen LogP contribution is 2.38. The number of rotatable bonds is 2. The van der Waals surface area contributed by atoms with E-state index in [9.17, 15) is 5.26 Å². The largest absolute Gasteiger partial charge is 0.295 e. The minimum Gasteiger partial charge on any atom is -0.295 e. The fraction of sp³-hybridized carbons (Fsp3) is 0.200. The third-order valence-electron chi connectivity index (χ3n) is 3.10. The number of hydrogen-bond acceptors (Lipinski definition) is 4. The molecule has 7 heteroatoms. The Morgan fingerprint density at radius 2 is 2.05 bits per heavy atom. The van der Waals surface area contributed by atoms with E-state index in [-0.39, 0.29) is 0 Å². The summed E-state index contributed by atoms with van der Waals surface area (Å²) >= 11 is 15.6. The van der Waals surface area contributed by atoms with E-state index in [0.29, 0.717) is 15.7 Å². The van der Waals surface area contributed by atoms with Crippen LogP contribution < -0.4 is 0 Å². The summed E-state index contributed by atoms with van der Waals surface area (Å²) in [6.07, 6.45) is 4.66. The summed E-state index contributed by atoms with van der Waals surface area (Å²) in [4.78, 5) is 4.37. The van der Waals surface area contributed by atoms with Gasteiger partial charge in [0.2, 0.25) is 0 Å². The Kier molecular flexibility index (Phi) is 5.04. The summed E-state index contributed by atoms with van der Waals surface area (Å²) in [5.74, 6) is 2.11. The standard InChI is InChI=1S/C15H11Cl2N3S2/c16-10-2-3-11(12(17)6-10)13-8-20(9-19-13)14(7-18)15-21-4-1-5-22-15/h2-3,6,8-9H,1,4-5H2. The first-order valence-corrected chi connectivity index (χ1v) is 9.31. The minimum atomic E-state index is 0.547. The molecule has 3 nitrogen and oxygen atoms in total. The van der Waals surface area contributed by atoms with Crippen LogP contribution in [0.4, 0.5) is 0 Å². The Morgan fingerprint density at radius 3 is 2.73 bits per heavy atom. The Morgan fingerprint density at radius 1 is 1.27 bits per heavy atom. The van der Waals surface area contributed by atoms with Crippen LogP contribution in [0.25, 0.3) is 17.0 Å². The van der Waals surface area contributed by atoms with Gasteiger partial charge in [0.15, 0.2) is 0 Å². The molecule has 0 atom stereocenters. The molecule has 112 valence electrons. The molecule has 1 aliphatic heterocycles. The number of nitrogens with zero attached hydrogens (tertiary/aromatic N) is 3. The third-order valence-corrected chi connectivity index (χ3v) is 6.25. The van der Waals surface area contributed by atoms with Crippen LogP contribution in [0.15, 0.2) is 35.0 Å². The molecular weight excluding hydrogens is 357 g/mol. The maximum Gasteiger partial charge on any atom is 0.145 e. The average molecular weight is 368 g/mol. The Hall–Kier alpha value is -1.06. The van der Waals surface area contributed by atoms with Gasteiger partial charge in [-0.3, -0.25) is 4.57 Å². The molecule has 0 aliphatic carbocycles. The van der Waals surface area contributed by atoms with Gasteiger partial charge in [0.1, 0.15) is 18.1 Å². The second kappa shape index (κ2) is 7.01. The van der Waals surface area contributed by atoms with Gasteiger partial charge in [-0.2, -0.15) is 5.26 Å². The zero-order chi connectivity index (χ0) is 15.5. The van der Waals surface area contributed by atoms with Crippen LogP contribution in [-0.2, 0) is 0 Å². The zero-order valence-corrected chi connectivity index (χ0v) is 14.6. The molecular formula is C15H11Cl2N3S2. The van der Waals surface area contributed by atoms with Gasteiger partial charge in [-0.1, -0.05) is 23.2 Å². The van der Waals surface area contributed by atoms with Crippen LogP contribution in [0.5, 0.6) is 0 Å². The fourth-order valence-corrected chi connectivity index (χ4v) is 5.10. The minimum absolute atomic E-state index is 0.547. The number of imidazole rings is 1. The maximum absolute atomic E-state index is 9.48. The SMILES string of the molecule is N#CC(=C1SCCCS1)n1cnc(-c2ccc(Cl)cc2Cl)c1. The van der Waals surface area contributed by atoms with Gasteiger partial charge < -0.3 is 0 Å². The first-order chi connectivity index (χ1) is 10.7. The van der Waals surface area contributed by atoms with Gasteiger partial charge in [0.25, 0.3) is 0 Å². The van der Waals surface area contributed by atoms with E-state index < -0.39 is 0 Å². The van der Waals surface area contributed by atoms with Gasteiger partial charge in [0.05, 0.1) is 15.0 Å². The molecule has 22 heavy (non-hydrogen) atoms. The van der Waals surface area contributed by atoms with E-state index in [1.54, 1.807) is 46.6 Å². The molecule has 2 heterocycles. The lowest BCUT2D eigenvalue weighted by Gasteiger charge is -2.14. The van der Waals surface area contributed by atoms with E-state index in [1.165, 1.54) is 6.42 Å². The van der Waals surface area contributed by atoms with Crippen molar-refractivity contribution in [3.8, 4) is 17.3 Å². The summed E-state index contributed by atoms with van der Waals surface area (Å²) in [6, 6.07) is 7.58. The molecule has 1 aromatic heterocycles. The second-order valence-electron chi connectivity index (χ2n) is 4.59. The Balaban J connectivity index is 1.98. The molecule has 0 radical (unpaired) electrons. The second-order valence-corrected chi connectivity index (χ2v) is 7.90. The maximum atomic E-state index is 9.48. The lowest BCUT2D eigenvalue weighted by Crippen LogP contribution is -1.99. The van der Waals surface area contributed by atoms with Crippen molar-refractivity contribution in [1.82, 2.24) is 9.55 Å². The van der Waals surface area contributed by atoms with Crippen LogP contribution in [-0.4, -0.2) is 21.1 Å². The summed E-state index contributed by atoms with van der Waals surface area (Å²) in [7, 11) is 0. The number of hydrogen-bond donors (Lipinski definition) is 0. The van der Waals surface area contributed by atoms with Crippen LogP contribution >= 0.6 is 46.7 Å². The first-order valence-electron chi connectivity index (χ1n) is 6.59.